The maximum absolute atomic E-state index is 13.2. The van der Waals surface area contributed by atoms with Crippen molar-refractivity contribution in [2.24, 2.45) is 5.92 Å². The van der Waals surface area contributed by atoms with Gasteiger partial charge in [0.1, 0.15) is 5.82 Å². The second-order valence-electron chi connectivity index (χ2n) is 3.84. The first-order chi connectivity index (χ1) is 6.98. The number of alkyl halides is 2. The van der Waals surface area contributed by atoms with Gasteiger partial charge in [0.2, 0.25) is 0 Å². The van der Waals surface area contributed by atoms with Gasteiger partial charge in [0.05, 0.1) is 10.4 Å². The molecular formula is C11H10BrF3. The standard InChI is InChI=1S/C11H10BrF3/c1-2-7-10(11(7,14)15)6-3-4-8(12)9(13)5-6/h3-5,7,10H,2H2,1H3/t7-,10?/m0/s1. The zero-order chi connectivity index (χ0) is 11.2. The molecule has 0 nitrogen and oxygen atoms in total. The summed E-state index contributed by atoms with van der Waals surface area (Å²) in [6.07, 6.45) is 0.426. The van der Waals surface area contributed by atoms with Crippen molar-refractivity contribution >= 4 is 15.9 Å². The van der Waals surface area contributed by atoms with E-state index in [1.54, 1.807) is 13.0 Å². The number of benzene rings is 1. The van der Waals surface area contributed by atoms with E-state index < -0.39 is 23.6 Å². The molecule has 0 saturated heterocycles. The molecule has 0 spiro atoms. The Hall–Kier alpha value is -0.510. The van der Waals surface area contributed by atoms with Gasteiger partial charge in [-0.05, 0) is 40.0 Å². The van der Waals surface area contributed by atoms with Gasteiger partial charge in [0.25, 0.3) is 5.92 Å². The summed E-state index contributed by atoms with van der Waals surface area (Å²) in [7, 11) is 0. The Kier molecular flexibility index (Phi) is 2.57. The Balaban J connectivity index is 2.29. The first kappa shape index (κ1) is 11.0. The third-order valence-corrected chi connectivity index (χ3v) is 3.59. The Bertz CT molecular complexity index is 389. The molecule has 0 bridgehead atoms. The predicted octanol–water partition coefficient (Wildman–Crippen LogP) is 4.35. The highest BCUT2D eigenvalue weighted by Crippen LogP contribution is 2.63. The summed E-state index contributed by atoms with van der Waals surface area (Å²) in [5.74, 6) is -4.57. The van der Waals surface area contributed by atoms with Crippen LogP contribution in [0.2, 0.25) is 0 Å². The molecule has 2 atom stereocenters. The monoisotopic (exact) mass is 278 g/mol. The number of halogens is 4. The van der Waals surface area contributed by atoms with Crippen LogP contribution in [0.1, 0.15) is 24.8 Å². The van der Waals surface area contributed by atoms with Crippen LogP contribution in [0.15, 0.2) is 22.7 Å². The first-order valence-corrected chi connectivity index (χ1v) is 5.60. The van der Waals surface area contributed by atoms with Crippen molar-refractivity contribution in [2.75, 3.05) is 0 Å². The van der Waals surface area contributed by atoms with Crippen molar-refractivity contribution in [3.63, 3.8) is 0 Å². The largest absolute Gasteiger partial charge is 0.258 e. The van der Waals surface area contributed by atoms with Crippen LogP contribution in [-0.2, 0) is 0 Å². The van der Waals surface area contributed by atoms with E-state index in [0.29, 0.717) is 16.5 Å². The summed E-state index contributed by atoms with van der Waals surface area (Å²) in [5, 5.41) is 0. The van der Waals surface area contributed by atoms with Crippen LogP contribution in [-0.4, -0.2) is 5.92 Å². The van der Waals surface area contributed by atoms with Crippen molar-refractivity contribution < 1.29 is 13.2 Å². The number of hydrogen-bond acceptors (Lipinski definition) is 0. The third-order valence-electron chi connectivity index (χ3n) is 2.94. The Morgan fingerprint density at radius 3 is 2.53 bits per heavy atom. The van der Waals surface area contributed by atoms with Gasteiger partial charge in [-0.2, -0.15) is 0 Å². The molecule has 0 radical (unpaired) electrons. The maximum atomic E-state index is 13.2. The molecule has 0 aliphatic heterocycles. The van der Waals surface area contributed by atoms with Gasteiger partial charge in [-0.3, -0.25) is 0 Å². The fraction of sp³-hybridized carbons (Fsp3) is 0.455. The zero-order valence-electron chi connectivity index (χ0n) is 8.11. The molecule has 2 rings (SSSR count). The lowest BCUT2D eigenvalue weighted by Crippen LogP contribution is -1.94. The fourth-order valence-electron chi connectivity index (χ4n) is 2.06. The Morgan fingerprint density at radius 2 is 2.07 bits per heavy atom. The molecule has 82 valence electrons. The normalized spacial score (nSPS) is 27.8. The van der Waals surface area contributed by atoms with Crippen molar-refractivity contribution in [1.29, 1.82) is 0 Å². The van der Waals surface area contributed by atoms with E-state index >= 15 is 0 Å². The Morgan fingerprint density at radius 1 is 1.40 bits per heavy atom. The lowest BCUT2D eigenvalue weighted by atomic mass is 10.1. The third kappa shape index (κ3) is 1.69. The van der Waals surface area contributed by atoms with Gasteiger partial charge >= 0.3 is 0 Å². The molecule has 4 heteroatoms. The minimum Gasteiger partial charge on any atom is -0.206 e. The highest BCUT2D eigenvalue weighted by molar-refractivity contribution is 9.10. The van der Waals surface area contributed by atoms with E-state index in [0.717, 1.165) is 0 Å². The molecule has 1 aliphatic rings. The maximum Gasteiger partial charge on any atom is 0.258 e. The average molecular weight is 279 g/mol. The quantitative estimate of drug-likeness (QED) is 0.755. The van der Waals surface area contributed by atoms with Gasteiger partial charge < -0.3 is 0 Å². The van der Waals surface area contributed by atoms with Gasteiger partial charge in [-0.25, -0.2) is 13.2 Å². The molecule has 0 heterocycles. The molecule has 0 aromatic heterocycles. The number of hydrogen-bond donors (Lipinski definition) is 0. The highest BCUT2D eigenvalue weighted by atomic mass is 79.9. The summed E-state index contributed by atoms with van der Waals surface area (Å²) < 4.78 is 40.0. The van der Waals surface area contributed by atoms with Crippen LogP contribution in [0.3, 0.4) is 0 Å². The van der Waals surface area contributed by atoms with E-state index in [-0.39, 0.29) is 0 Å². The lowest BCUT2D eigenvalue weighted by molar-refractivity contribution is 0.0926. The fourth-order valence-corrected chi connectivity index (χ4v) is 2.30. The molecule has 1 aromatic carbocycles. The molecule has 1 aromatic rings. The second-order valence-corrected chi connectivity index (χ2v) is 4.69. The predicted molar refractivity (Wildman–Crippen MR) is 55.6 cm³/mol. The zero-order valence-corrected chi connectivity index (χ0v) is 9.69. The minimum absolute atomic E-state index is 0.309. The Labute approximate surface area is 94.6 Å². The SMILES string of the molecule is CC[C@H]1C(c2ccc(Br)c(F)c2)C1(F)F. The van der Waals surface area contributed by atoms with Crippen molar-refractivity contribution in [1.82, 2.24) is 0 Å². The lowest BCUT2D eigenvalue weighted by Gasteiger charge is -2.00. The summed E-state index contributed by atoms with van der Waals surface area (Å²) in [6, 6.07) is 4.23. The molecule has 1 unspecified atom stereocenters. The van der Waals surface area contributed by atoms with E-state index in [9.17, 15) is 13.2 Å². The van der Waals surface area contributed by atoms with Crippen LogP contribution < -0.4 is 0 Å². The van der Waals surface area contributed by atoms with Crippen LogP contribution in [0.25, 0.3) is 0 Å². The summed E-state index contributed by atoms with van der Waals surface area (Å²) >= 11 is 3.00. The van der Waals surface area contributed by atoms with Crippen LogP contribution in [0.5, 0.6) is 0 Å². The van der Waals surface area contributed by atoms with E-state index in [1.807, 2.05) is 0 Å². The van der Waals surface area contributed by atoms with Crippen LogP contribution >= 0.6 is 15.9 Å². The summed E-state index contributed by atoms with van der Waals surface area (Å²) in [5.41, 5.74) is 0.396. The first-order valence-electron chi connectivity index (χ1n) is 4.81. The van der Waals surface area contributed by atoms with Crippen molar-refractivity contribution in [3.05, 3.63) is 34.1 Å². The summed E-state index contributed by atoms with van der Waals surface area (Å²) in [6.45, 7) is 1.73. The van der Waals surface area contributed by atoms with Crippen LogP contribution in [0.4, 0.5) is 13.2 Å². The van der Waals surface area contributed by atoms with E-state index in [4.69, 9.17) is 0 Å². The summed E-state index contributed by atoms with van der Waals surface area (Å²) in [4.78, 5) is 0. The molecule has 0 N–H and O–H groups in total. The molecule has 15 heavy (non-hydrogen) atoms. The van der Waals surface area contributed by atoms with Gasteiger partial charge in [0.15, 0.2) is 0 Å². The highest BCUT2D eigenvalue weighted by Gasteiger charge is 2.67. The molecule has 1 fully saturated rings. The smallest absolute Gasteiger partial charge is 0.206 e. The van der Waals surface area contributed by atoms with E-state index in [2.05, 4.69) is 15.9 Å². The second kappa shape index (κ2) is 3.51. The van der Waals surface area contributed by atoms with Crippen molar-refractivity contribution in [3.8, 4) is 0 Å². The number of rotatable bonds is 2. The van der Waals surface area contributed by atoms with Gasteiger partial charge in [-0.1, -0.05) is 13.0 Å². The van der Waals surface area contributed by atoms with Gasteiger partial charge in [0, 0.05) is 5.92 Å². The van der Waals surface area contributed by atoms with Crippen LogP contribution in [0, 0.1) is 11.7 Å². The molecular weight excluding hydrogens is 269 g/mol. The van der Waals surface area contributed by atoms with Gasteiger partial charge in [-0.15, -0.1) is 0 Å². The minimum atomic E-state index is -2.66. The molecule has 1 aliphatic carbocycles. The van der Waals surface area contributed by atoms with E-state index in [1.165, 1.54) is 12.1 Å². The molecule has 1 saturated carbocycles. The van der Waals surface area contributed by atoms with Crippen molar-refractivity contribution in [2.45, 2.75) is 25.2 Å². The average Bonchev–Trinajstić information content (AvgIpc) is 2.73. The topological polar surface area (TPSA) is 0 Å². The molecule has 0 amide bonds.